The van der Waals surface area contributed by atoms with E-state index in [2.05, 4.69) is 48.3 Å². The first-order valence-electron chi connectivity index (χ1n) is 39.9. The first-order valence-corrected chi connectivity index (χ1v) is 44.3. The lowest BCUT2D eigenvalue weighted by molar-refractivity contribution is 0.0944. The molecule has 0 heterocycles. The van der Waals surface area contributed by atoms with Gasteiger partial charge in [-0.05, 0) is 240 Å². The summed E-state index contributed by atoms with van der Waals surface area (Å²) in [4.78, 5) is 49.2. The number of carbonyl (C=O) groups excluding carboxylic acids is 3. The number of aryl methyl sites for hydroxylation is 9. The highest BCUT2D eigenvalue weighted by atomic mass is 32.2. The number of fused-ring (bicyclic) bond motifs is 3. The van der Waals surface area contributed by atoms with E-state index in [9.17, 15) is 39.6 Å². The maximum Gasteiger partial charge on any atom is 0.251 e. The van der Waals surface area contributed by atoms with Gasteiger partial charge in [0, 0.05) is 148 Å². The third kappa shape index (κ3) is 23.3. The molecule has 0 saturated heterocycles. The quantitative estimate of drug-likeness (QED) is 0.0160. The number of sulfonamides is 3. The van der Waals surface area contributed by atoms with E-state index >= 15 is 0 Å². The van der Waals surface area contributed by atoms with Gasteiger partial charge in [-0.2, -0.15) is 0 Å². The Morgan fingerprint density at radius 1 is 0.281 bits per heavy atom. The largest absolute Gasteiger partial charge is 0.377 e. The van der Waals surface area contributed by atoms with Gasteiger partial charge in [0.15, 0.2) is 0 Å². The van der Waals surface area contributed by atoms with Crippen LogP contribution in [0, 0.1) is 0 Å². The number of hydrogen-bond acceptors (Lipinski definition) is 15. The molecule has 3 amide bonds. The second-order valence-corrected chi connectivity index (χ2v) is 35.2. The first-order chi connectivity index (χ1) is 54.9. The highest BCUT2D eigenvalue weighted by Gasteiger charge is 2.24. The zero-order valence-corrected chi connectivity index (χ0v) is 69.3. The van der Waals surface area contributed by atoms with Crippen molar-refractivity contribution in [3.63, 3.8) is 0 Å². The Kier molecular flexibility index (Phi) is 31.7. The summed E-state index contributed by atoms with van der Waals surface area (Å²) in [7, 11) is 0.0638. The Labute approximate surface area is 674 Å². The van der Waals surface area contributed by atoms with Gasteiger partial charge >= 0.3 is 0 Å². The van der Waals surface area contributed by atoms with Crippen LogP contribution in [0.4, 0.5) is 17.1 Å². The van der Waals surface area contributed by atoms with E-state index in [-0.39, 0.29) is 52.0 Å². The molecule has 0 bridgehead atoms. The number of nitrogens with one attached hydrogen (secondary N) is 6. The molecular formula is C90H114N12O9S3. The Hall–Kier alpha value is -9.60. The maximum absolute atomic E-state index is 14.2. The van der Waals surface area contributed by atoms with E-state index in [1.807, 2.05) is 184 Å². The number of amides is 3. The van der Waals surface area contributed by atoms with Crippen molar-refractivity contribution in [1.82, 2.24) is 30.1 Å². The Morgan fingerprint density at radius 2 is 0.526 bits per heavy atom. The molecule has 114 heavy (non-hydrogen) atoms. The summed E-state index contributed by atoms with van der Waals surface area (Å²) in [6, 6.07) is 57.2. The molecule has 10 aromatic carbocycles. The van der Waals surface area contributed by atoms with E-state index in [1.54, 1.807) is 36.4 Å². The second kappa shape index (κ2) is 41.6. The van der Waals surface area contributed by atoms with Crippen molar-refractivity contribution in [2.75, 3.05) is 116 Å². The number of hydrogen-bond donors (Lipinski definition) is 9. The van der Waals surface area contributed by atoms with Gasteiger partial charge < -0.3 is 47.9 Å². The van der Waals surface area contributed by atoms with Crippen molar-refractivity contribution in [3.8, 4) is 0 Å². The molecule has 10 rings (SSSR count). The van der Waals surface area contributed by atoms with Crippen LogP contribution in [0.1, 0.15) is 139 Å². The molecule has 10 aromatic rings. The molecule has 0 aromatic heterocycles. The van der Waals surface area contributed by atoms with Gasteiger partial charge in [0.05, 0.1) is 14.7 Å². The normalized spacial score (nSPS) is 11.9. The van der Waals surface area contributed by atoms with E-state index in [0.717, 1.165) is 83.3 Å². The minimum atomic E-state index is -3.84. The van der Waals surface area contributed by atoms with E-state index in [0.29, 0.717) is 188 Å². The number of anilines is 3. The van der Waals surface area contributed by atoms with Gasteiger partial charge in [-0.25, -0.2) is 39.4 Å². The van der Waals surface area contributed by atoms with Crippen LogP contribution in [-0.2, 0) is 87.9 Å². The number of nitrogens with two attached hydrogens (primary N) is 3. The number of benzene rings is 10. The van der Waals surface area contributed by atoms with Gasteiger partial charge in [0.25, 0.3) is 17.7 Å². The summed E-state index contributed by atoms with van der Waals surface area (Å²) in [5.74, 6) is -0.576. The lowest BCUT2D eigenvalue weighted by Gasteiger charge is -2.17. The topological polar surface area (TPSA) is 314 Å². The zero-order valence-electron chi connectivity index (χ0n) is 66.9. The molecule has 0 radical (unpaired) electrons. The van der Waals surface area contributed by atoms with Crippen LogP contribution in [-0.4, -0.2) is 144 Å². The molecule has 0 fully saturated rings. The van der Waals surface area contributed by atoms with Crippen LogP contribution < -0.4 is 62.0 Å². The molecule has 0 unspecified atom stereocenters. The van der Waals surface area contributed by atoms with Crippen LogP contribution >= 0.6 is 0 Å². The van der Waals surface area contributed by atoms with Crippen LogP contribution in [0.25, 0.3) is 32.3 Å². The summed E-state index contributed by atoms with van der Waals surface area (Å²) in [5.41, 5.74) is 31.1. The standard InChI is InChI=1S/C90H114N12O9S3/c1-100(2)82-37-7-34-76-73(82)31-10-40-85(76)112(106,107)97-55-19-22-64-43-46-70(28-13-49-91)79(61-64)88(103)94-52-16-25-67-58-68(26-17-53-95-89(104)80-62-65(44-47-71(80)29-14-50-92)23-20-56-98-113(108,109)86-41-11-32-74-77(86)35-8-38-83(74)101(3)4)60-69(59-67)27-18-54-96-90(105)81-63-66(45-48-72(81)30-15-51-93)24-21-57-99-114(110,111)87-42-12-33-75-78(87)36-9-39-84(75)102(5)6/h7-12,31-48,58-63,97-99H,13-30,49-57,91-93H2,1-6H3,(H,94,103)(H,95,104)(H,96,105). The first kappa shape index (κ1) is 86.8. The molecule has 0 atom stereocenters. The van der Waals surface area contributed by atoms with E-state index < -0.39 is 30.1 Å². The van der Waals surface area contributed by atoms with Gasteiger partial charge in [0.2, 0.25) is 30.1 Å². The van der Waals surface area contributed by atoms with Crippen molar-refractivity contribution < 1.29 is 39.6 Å². The Bertz CT molecular complexity index is 4810. The van der Waals surface area contributed by atoms with Crippen LogP contribution in [0.15, 0.2) is 197 Å². The van der Waals surface area contributed by atoms with Crippen LogP contribution in [0.2, 0.25) is 0 Å². The van der Waals surface area contributed by atoms with Crippen molar-refractivity contribution >= 4 is 97.2 Å². The van der Waals surface area contributed by atoms with Crippen LogP contribution in [0.5, 0.6) is 0 Å². The van der Waals surface area contributed by atoms with Gasteiger partial charge in [-0.15, -0.1) is 0 Å². The van der Waals surface area contributed by atoms with Crippen molar-refractivity contribution in [3.05, 3.63) is 249 Å². The molecule has 0 aliphatic heterocycles. The van der Waals surface area contributed by atoms with E-state index in [1.165, 1.54) is 0 Å². The fourth-order valence-corrected chi connectivity index (χ4v) is 18.8. The monoisotopic (exact) mass is 1600 g/mol. The fourth-order valence-electron chi connectivity index (χ4n) is 14.9. The number of rotatable bonds is 45. The Morgan fingerprint density at radius 3 is 0.789 bits per heavy atom. The van der Waals surface area contributed by atoms with Crippen molar-refractivity contribution in [2.45, 2.75) is 130 Å². The predicted molar refractivity (Wildman–Crippen MR) is 465 cm³/mol. The minimum absolute atomic E-state index is 0.192. The van der Waals surface area contributed by atoms with Crippen molar-refractivity contribution in [2.24, 2.45) is 17.2 Å². The molecule has 0 aliphatic rings. The van der Waals surface area contributed by atoms with Gasteiger partial charge in [-0.1, -0.05) is 127 Å². The smallest absolute Gasteiger partial charge is 0.251 e. The molecule has 0 aliphatic carbocycles. The Balaban J connectivity index is 0.779. The fraction of sp³-hybridized carbons (Fsp3) is 0.367. The van der Waals surface area contributed by atoms with Gasteiger partial charge in [-0.3, -0.25) is 14.4 Å². The summed E-state index contributed by atoms with van der Waals surface area (Å²) in [6.45, 7) is 3.22. The van der Waals surface area contributed by atoms with Crippen LogP contribution in [0.3, 0.4) is 0 Å². The average molecular weight is 1600 g/mol. The molecule has 21 nitrogen and oxygen atoms in total. The summed E-state index contributed by atoms with van der Waals surface area (Å²) >= 11 is 0. The summed E-state index contributed by atoms with van der Waals surface area (Å²) in [5, 5.41) is 14.1. The zero-order chi connectivity index (χ0) is 81.4. The molecule has 606 valence electrons. The lowest BCUT2D eigenvalue weighted by atomic mass is 9.96. The third-order valence-corrected chi connectivity index (χ3v) is 25.4. The average Bonchev–Trinajstić information content (AvgIpc) is 0.784. The van der Waals surface area contributed by atoms with Gasteiger partial charge in [0.1, 0.15) is 0 Å². The summed E-state index contributed by atoms with van der Waals surface area (Å²) < 4.78 is 90.9. The SMILES string of the molecule is CN(C)c1cccc2c(S(=O)(=O)NCCCc3ccc(CCCN)c(C(=O)NCCCc4cc(CCCNC(=O)c5cc(CCCNS(=O)(=O)c6cccc7c(N(C)C)cccc67)ccc5CCCN)cc(CCCNC(=O)c5cc(CCCNS(=O)(=O)c6cccc7c(N(C)C)cccc67)ccc5CCCN)c4)c3)cccc12. The summed E-state index contributed by atoms with van der Waals surface area (Å²) in [6.07, 6.45) is 11.0. The highest BCUT2D eigenvalue weighted by molar-refractivity contribution is 7.90. The lowest BCUT2D eigenvalue weighted by Crippen LogP contribution is -2.27. The highest BCUT2D eigenvalue weighted by Crippen LogP contribution is 2.34. The molecular weight excluding hydrogens is 1490 g/mol. The second-order valence-electron chi connectivity index (χ2n) is 30.0. The molecule has 0 saturated carbocycles. The number of nitrogens with zero attached hydrogens (tertiary/aromatic N) is 3. The van der Waals surface area contributed by atoms with E-state index in [4.69, 9.17) is 17.2 Å². The molecule has 24 heteroatoms. The molecule has 12 N–H and O–H groups in total. The molecule has 0 spiro atoms. The predicted octanol–water partition coefficient (Wildman–Crippen LogP) is 11.8. The third-order valence-electron chi connectivity index (χ3n) is 20.8. The van der Waals surface area contributed by atoms with Crippen molar-refractivity contribution in [1.29, 1.82) is 0 Å². The maximum atomic E-state index is 14.2. The minimum Gasteiger partial charge on any atom is -0.377 e. The number of carbonyl (C=O) groups is 3.